The lowest BCUT2D eigenvalue weighted by Gasteiger charge is -2.19. The molecule has 0 fully saturated rings. The number of nitrogens with two attached hydrogens (primary N) is 1. The first-order valence-electron chi connectivity index (χ1n) is 5.27. The number of H-pyrrole nitrogens is 1. The number of aliphatic carboxylic acids is 1. The van der Waals surface area contributed by atoms with Crippen LogP contribution in [0, 0.1) is 0 Å². The Balaban J connectivity index is 2.56. The van der Waals surface area contributed by atoms with Gasteiger partial charge in [0.15, 0.2) is 0 Å². The Morgan fingerprint density at radius 1 is 1.58 bits per heavy atom. The van der Waals surface area contributed by atoms with Gasteiger partial charge < -0.3 is 21.1 Å². The van der Waals surface area contributed by atoms with Crippen LogP contribution < -0.4 is 11.1 Å². The molecule has 1 rings (SSSR count). The third-order valence-corrected chi connectivity index (χ3v) is 2.20. The number of aromatic nitrogens is 3. The summed E-state index contributed by atoms with van der Waals surface area (Å²) < 4.78 is 0. The van der Waals surface area contributed by atoms with Gasteiger partial charge in [0.1, 0.15) is 18.2 Å². The molecule has 0 saturated heterocycles. The van der Waals surface area contributed by atoms with E-state index in [0.717, 1.165) is 0 Å². The predicted molar refractivity (Wildman–Crippen MR) is 61.6 cm³/mol. The van der Waals surface area contributed by atoms with E-state index < -0.39 is 30.4 Å². The van der Waals surface area contributed by atoms with Gasteiger partial charge in [-0.1, -0.05) is 0 Å². The highest BCUT2D eigenvalue weighted by Crippen LogP contribution is 1.98. The second-order valence-corrected chi connectivity index (χ2v) is 3.80. The highest BCUT2D eigenvalue weighted by atomic mass is 16.4. The second-order valence-electron chi connectivity index (χ2n) is 3.80. The number of carboxylic acids is 1. The Bertz CT molecular complexity index is 459. The average molecular weight is 270 g/mol. The molecule has 0 aliphatic carbocycles. The third kappa shape index (κ3) is 4.61. The summed E-state index contributed by atoms with van der Waals surface area (Å²) in [6.45, 7) is 0.120. The molecule has 19 heavy (non-hydrogen) atoms. The molecule has 1 unspecified atom stereocenters. The number of amides is 3. The van der Waals surface area contributed by atoms with E-state index >= 15 is 0 Å². The molecule has 0 bridgehead atoms. The maximum atomic E-state index is 11.7. The monoisotopic (exact) mass is 270 g/mol. The lowest BCUT2D eigenvalue weighted by atomic mass is 10.2. The van der Waals surface area contributed by atoms with Gasteiger partial charge in [-0.2, -0.15) is 5.10 Å². The number of nitrogens with one attached hydrogen (secondary N) is 2. The molecule has 10 heteroatoms. The van der Waals surface area contributed by atoms with E-state index in [-0.39, 0.29) is 6.54 Å². The summed E-state index contributed by atoms with van der Waals surface area (Å²) in [5.74, 6) is -1.70. The number of aromatic amines is 1. The van der Waals surface area contributed by atoms with Crippen LogP contribution >= 0.6 is 0 Å². The molecule has 1 aromatic heterocycles. The molecule has 104 valence electrons. The van der Waals surface area contributed by atoms with Crippen LogP contribution in [0.3, 0.4) is 0 Å². The molecule has 3 amide bonds. The van der Waals surface area contributed by atoms with Crippen LogP contribution in [-0.4, -0.2) is 56.2 Å². The first kappa shape index (κ1) is 14.4. The molecule has 0 aliphatic rings. The predicted octanol–water partition coefficient (Wildman–Crippen LogP) is -1.73. The molecule has 0 aromatic carbocycles. The van der Waals surface area contributed by atoms with Crippen molar-refractivity contribution < 1.29 is 19.5 Å². The van der Waals surface area contributed by atoms with Gasteiger partial charge in [0.2, 0.25) is 5.91 Å². The van der Waals surface area contributed by atoms with Crippen molar-refractivity contribution in [3.63, 3.8) is 0 Å². The van der Waals surface area contributed by atoms with Crippen LogP contribution in [0.25, 0.3) is 0 Å². The number of nitrogens with zero attached hydrogens (tertiary/aromatic N) is 3. The van der Waals surface area contributed by atoms with E-state index in [2.05, 4.69) is 20.5 Å². The van der Waals surface area contributed by atoms with Gasteiger partial charge in [0.25, 0.3) is 0 Å². The van der Waals surface area contributed by atoms with Gasteiger partial charge in [-0.3, -0.25) is 9.89 Å². The van der Waals surface area contributed by atoms with E-state index in [9.17, 15) is 14.4 Å². The van der Waals surface area contributed by atoms with Crippen LogP contribution in [0.4, 0.5) is 4.79 Å². The van der Waals surface area contributed by atoms with Crippen molar-refractivity contribution in [1.82, 2.24) is 25.4 Å². The number of carbonyl (C=O) groups is 3. The molecule has 0 aliphatic heterocycles. The van der Waals surface area contributed by atoms with Crippen LogP contribution in [0.1, 0.15) is 12.2 Å². The summed E-state index contributed by atoms with van der Waals surface area (Å²) >= 11 is 0. The minimum Gasteiger partial charge on any atom is -0.480 e. The zero-order valence-corrected chi connectivity index (χ0v) is 10.2. The molecular formula is C9H14N6O4. The van der Waals surface area contributed by atoms with Gasteiger partial charge in [0, 0.05) is 7.05 Å². The lowest BCUT2D eigenvalue weighted by Crippen LogP contribution is -2.48. The molecule has 10 nitrogen and oxygen atoms in total. The molecule has 1 atom stereocenters. The van der Waals surface area contributed by atoms with Crippen LogP contribution in [0.15, 0.2) is 6.33 Å². The van der Waals surface area contributed by atoms with Crippen LogP contribution in [-0.2, 0) is 16.1 Å². The SMILES string of the molecule is CN(Cc1ncn[nH]1)C(=O)NC(CC(N)=O)C(=O)O. The summed E-state index contributed by atoms with van der Waals surface area (Å²) in [4.78, 5) is 38.3. The maximum absolute atomic E-state index is 11.7. The first-order valence-corrected chi connectivity index (χ1v) is 5.27. The molecule has 1 aromatic rings. The standard InChI is InChI=1S/C9H14N6O4/c1-15(3-7-11-4-12-14-7)9(19)13-5(8(17)18)2-6(10)16/h4-5H,2-3H2,1H3,(H2,10,16)(H,13,19)(H,17,18)(H,11,12,14). The van der Waals surface area contributed by atoms with E-state index in [1.807, 2.05) is 0 Å². The quantitative estimate of drug-likeness (QED) is 0.481. The fourth-order valence-electron chi connectivity index (χ4n) is 1.26. The Morgan fingerprint density at radius 2 is 2.26 bits per heavy atom. The number of primary amides is 1. The highest BCUT2D eigenvalue weighted by Gasteiger charge is 2.23. The number of urea groups is 1. The van der Waals surface area contributed by atoms with Gasteiger partial charge in [-0.25, -0.2) is 14.6 Å². The lowest BCUT2D eigenvalue weighted by molar-refractivity contribution is -0.140. The zero-order valence-electron chi connectivity index (χ0n) is 10.2. The summed E-state index contributed by atoms with van der Waals surface area (Å²) in [5, 5.41) is 17.2. The van der Waals surface area contributed by atoms with E-state index in [4.69, 9.17) is 10.8 Å². The smallest absolute Gasteiger partial charge is 0.326 e. The normalized spacial score (nSPS) is 11.6. The van der Waals surface area contributed by atoms with Gasteiger partial charge in [0.05, 0.1) is 13.0 Å². The van der Waals surface area contributed by atoms with Gasteiger partial charge in [-0.15, -0.1) is 0 Å². The summed E-state index contributed by atoms with van der Waals surface area (Å²) in [6.07, 6.45) is 0.811. The molecular weight excluding hydrogens is 256 g/mol. The highest BCUT2D eigenvalue weighted by molar-refractivity contribution is 5.87. The van der Waals surface area contributed by atoms with Gasteiger partial charge >= 0.3 is 12.0 Å². The number of carbonyl (C=O) groups excluding carboxylic acids is 2. The number of hydrogen-bond acceptors (Lipinski definition) is 5. The Hall–Kier alpha value is -2.65. The second kappa shape index (κ2) is 6.33. The number of rotatable bonds is 6. The van der Waals surface area contributed by atoms with E-state index in [1.165, 1.54) is 18.3 Å². The molecule has 0 spiro atoms. The van der Waals surface area contributed by atoms with Crippen molar-refractivity contribution in [2.24, 2.45) is 5.73 Å². The molecule has 5 N–H and O–H groups in total. The van der Waals surface area contributed by atoms with E-state index in [0.29, 0.717) is 5.82 Å². The van der Waals surface area contributed by atoms with Crippen LogP contribution in [0.5, 0.6) is 0 Å². The van der Waals surface area contributed by atoms with Crippen molar-refractivity contribution in [3.8, 4) is 0 Å². The fourth-order valence-corrected chi connectivity index (χ4v) is 1.26. The first-order chi connectivity index (χ1) is 8.90. The average Bonchev–Trinajstić information content (AvgIpc) is 2.79. The van der Waals surface area contributed by atoms with Crippen LogP contribution in [0.2, 0.25) is 0 Å². The van der Waals surface area contributed by atoms with Crippen molar-refractivity contribution in [2.45, 2.75) is 19.0 Å². The fraction of sp³-hybridized carbons (Fsp3) is 0.444. The number of carboxylic acid groups (broad SMARTS) is 1. The molecule has 0 saturated carbocycles. The van der Waals surface area contributed by atoms with Crippen molar-refractivity contribution in [3.05, 3.63) is 12.2 Å². The topological polar surface area (TPSA) is 154 Å². The van der Waals surface area contributed by atoms with Gasteiger partial charge in [-0.05, 0) is 0 Å². The van der Waals surface area contributed by atoms with Crippen molar-refractivity contribution in [2.75, 3.05) is 7.05 Å². The summed E-state index contributed by atoms with van der Waals surface area (Å²) in [5.41, 5.74) is 4.90. The minimum absolute atomic E-state index is 0.120. The molecule has 1 heterocycles. The van der Waals surface area contributed by atoms with Crippen molar-refractivity contribution >= 4 is 17.9 Å². The molecule has 0 radical (unpaired) electrons. The zero-order chi connectivity index (χ0) is 14.4. The Labute approximate surface area is 108 Å². The summed E-state index contributed by atoms with van der Waals surface area (Å²) in [6, 6.07) is -2.02. The Morgan fingerprint density at radius 3 is 2.74 bits per heavy atom. The number of hydrogen-bond donors (Lipinski definition) is 4. The summed E-state index contributed by atoms with van der Waals surface area (Å²) in [7, 11) is 1.45. The Kier molecular flexibility index (Phi) is 4.80. The largest absolute Gasteiger partial charge is 0.480 e. The van der Waals surface area contributed by atoms with Crippen molar-refractivity contribution in [1.29, 1.82) is 0 Å². The third-order valence-electron chi connectivity index (χ3n) is 2.20. The van der Waals surface area contributed by atoms with E-state index in [1.54, 1.807) is 0 Å². The minimum atomic E-state index is -1.36. The maximum Gasteiger partial charge on any atom is 0.326 e.